The van der Waals surface area contributed by atoms with E-state index in [2.05, 4.69) is 32.6 Å². The highest BCUT2D eigenvalue weighted by Gasteiger charge is 2.10. The fourth-order valence-corrected chi connectivity index (χ4v) is 2.36. The summed E-state index contributed by atoms with van der Waals surface area (Å²) in [6.45, 7) is 1.15. The first-order valence-corrected chi connectivity index (χ1v) is 7.98. The number of hydrogen-bond acceptors (Lipinski definition) is 5. The minimum absolute atomic E-state index is 0.249. The lowest BCUT2D eigenvalue weighted by atomic mass is 10.2. The first-order valence-electron chi connectivity index (χ1n) is 7.98. The predicted molar refractivity (Wildman–Crippen MR) is 96.0 cm³/mol. The Bertz CT molecular complexity index is 806. The van der Waals surface area contributed by atoms with Crippen molar-refractivity contribution in [3.63, 3.8) is 0 Å². The predicted octanol–water partition coefficient (Wildman–Crippen LogP) is 2.44. The van der Waals surface area contributed by atoms with Gasteiger partial charge in [0.1, 0.15) is 0 Å². The van der Waals surface area contributed by atoms with E-state index in [0.717, 1.165) is 17.9 Å². The minimum atomic E-state index is -0.249. The van der Waals surface area contributed by atoms with Crippen LogP contribution >= 0.6 is 0 Å². The molecule has 126 valence electrons. The van der Waals surface area contributed by atoms with E-state index in [1.165, 1.54) is 5.56 Å². The number of hydrogen-bond donors (Lipinski definition) is 1. The van der Waals surface area contributed by atoms with Crippen LogP contribution in [0.4, 0.5) is 5.82 Å². The van der Waals surface area contributed by atoms with E-state index in [-0.39, 0.29) is 5.91 Å². The number of anilines is 1. The molecule has 0 unspecified atom stereocenters. The van der Waals surface area contributed by atoms with Crippen LogP contribution in [0.1, 0.15) is 21.6 Å². The molecule has 0 saturated carbocycles. The van der Waals surface area contributed by atoms with Crippen LogP contribution in [0.2, 0.25) is 0 Å². The third-order valence-electron chi connectivity index (χ3n) is 3.74. The molecular formula is C19H19N5O. The van der Waals surface area contributed by atoms with Gasteiger partial charge in [-0.2, -0.15) is 0 Å². The van der Waals surface area contributed by atoms with Crippen molar-refractivity contribution in [1.82, 2.24) is 20.5 Å². The molecule has 0 aliphatic heterocycles. The van der Waals surface area contributed by atoms with E-state index < -0.39 is 0 Å². The molecule has 0 aliphatic carbocycles. The lowest BCUT2D eigenvalue weighted by Crippen LogP contribution is -2.25. The van der Waals surface area contributed by atoms with Crippen molar-refractivity contribution in [2.75, 3.05) is 11.9 Å². The van der Waals surface area contributed by atoms with Gasteiger partial charge in [0, 0.05) is 32.5 Å². The summed E-state index contributed by atoms with van der Waals surface area (Å²) in [4.78, 5) is 18.1. The average molecular weight is 333 g/mol. The summed E-state index contributed by atoms with van der Waals surface area (Å²) in [5.74, 6) is 0.469. The van der Waals surface area contributed by atoms with Gasteiger partial charge in [0.2, 0.25) is 0 Å². The maximum absolute atomic E-state index is 12.1. The van der Waals surface area contributed by atoms with Crippen molar-refractivity contribution in [3.05, 3.63) is 83.8 Å². The average Bonchev–Trinajstić information content (AvgIpc) is 2.68. The molecular weight excluding hydrogens is 314 g/mol. The second-order valence-corrected chi connectivity index (χ2v) is 5.66. The highest BCUT2D eigenvalue weighted by Crippen LogP contribution is 2.12. The smallest absolute Gasteiger partial charge is 0.272 e. The van der Waals surface area contributed by atoms with Gasteiger partial charge in [-0.15, -0.1) is 10.2 Å². The Labute approximate surface area is 146 Å². The molecule has 0 spiro atoms. The van der Waals surface area contributed by atoms with Crippen molar-refractivity contribution in [2.24, 2.45) is 0 Å². The summed E-state index contributed by atoms with van der Waals surface area (Å²) in [5.41, 5.74) is 2.47. The lowest BCUT2D eigenvalue weighted by molar-refractivity contribution is 0.0945. The summed E-state index contributed by atoms with van der Waals surface area (Å²) in [6, 6.07) is 17.3. The Morgan fingerprint density at radius 2 is 1.72 bits per heavy atom. The van der Waals surface area contributed by atoms with E-state index in [9.17, 15) is 4.79 Å². The SMILES string of the molecule is CN(Cc1ccccc1)c1ccc(C(=O)NCc2ccncc2)nn1. The molecule has 25 heavy (non-hydrogen) atoms. The van der Waals surface area contributed by atoms with Crippen LogP contribution in [0, 0.1) is 0 Å². The highest BCUT2D eigenvalue weighted by molar-refractivity contribution is 5.92. The van der Waals surface area contributed by atoms with E-state index in [1.54, 1.807) is 24.5 Å². The van der Waals surface area contributed by atoms with Gasteiger partial charge in [-0.05, 0) is 35.4 Å². The number of rotatable bonds is 6. The first kappa shape index (κ1) is 16.6. The number of nitrogens with zero attached hydrogens (tertiary/aromatic N) is 4. The zero-order chi connectivity index (χ0) is 17.5. The number of carbonyl (C=O) groups is 1. The molecule has 1 amide bonds. The Balaban J connectivity index is 1.58. The quantitative estimate of drug-likeness (QED) is 0.750. The van der Waals surface area contributed by atoms with Crippen LogP contribution in [-0.2, 0) is 13.1 Å². The van der Waals surface area contributed by atoms with Gasteiger partial charge in [0.05, 0.1) is 0 Å². The van der Waals surface area contributed by atoms with E-state index >= 15 is 0 Å². The number of amides is 1. The topological polar surface area (TPSA) is 71.0 Å². The van der Waals surface area contributed by atoms with Gasteiger partial charge in [0.15, 0.2) is 11.5 Å². The zero-order valence-corrected chi connectivity index (χ0v) is 14.0. The number of carbonyl (C=O) groups excluding carboxylic acids is 1. The van der Waals surface area contributed by atoms with Gasteiger partial charge < -0.3 is 10.2 Å². The second kappa shape index (κ2) is 8.01. The van der Waals surface area contributed by atoms with Gasteiger partial charge in [0.25, 0.3) is 5.91 Å². The van der Waals surface area contributed by atoms with Gasteiger partial charge in [-0.3, -0.25) is 9.78 Å². The molecule has 0 fully saturated rings. The molecule has 0 atom stereocenters. The molecule has 0 aliphatic rings. The molecule has 3 rings (SSSR count). The second-order valence-electron chi connectivity index (χ2n) is 5.66. The van der Waals surface area contributed by atoms with Crippen LogP contribution in [0.3, 0.4) is 0 Å². The Hall–Kier alpha value is -3.28. The highest BCUT2D eigenvalue weighted by atomic mass is 16.1. The largest absolute Gasteiger partial charge is 0.354 e. The summed E-state index contributed by atoms with van der Waals surface area (Å²) >= 11 is 0. The van der Waals surface area contributed by atoms with Crippen LogP contribution < -0.4 is 10.2 Å². The van der Waals surface area contributed by atoms with Crippen LogP contribution in [0.15, 0.2) is 67.0 Å². The summed E-state index contributed by atoms with van der Waals surface area (Å²) in [7, 11) is 1.94. The maximum atomic E-state index is 12.1. The van der Waals surface area contributed by atoms with Crippen molar-refractivity contribution >= 4 is 11.7 Å². The molecule has 6 nitrogen and oxygen atoms in total. The fraction of sp³-hybridized carbons (Fsp3) is 0.158. The molecule has 2 heterocycles. The zero-order valence-electron chi connectivity index (χ0n) is 14.0. The third-order valence-corrected chi connectivity index (χ3v) is 3.74. The van der Waals surface area contributed by atoms with E-state index in [1.807, 2.05) is 42.3 Å². The molecule has 0 bridgehead atoms. The summed E-state index contributed by atoms with van der Waals surface area (Å²) in [5, 5.41) is 11.0. The van der Waals surface area contributed by atoms with Crippen molar-refractivity contribution < 1.29 is 4.79 Å². The van der Waals surface area contributed by atoms with Crippen LogP contribution in [-0.4, -0.2) is 28.1 Å². The monoisotopic (exact) mass is 333 g/mol. The number of pyridine rings is 1. The Kier molecular flexibility index (Phi) is 5.31. The standard InChI is InChI=1S/C19H19N5O/c1-24(14-16-5-3-2-4-6-16)18-8-7-17(22-23-18)19(25)21-13-15-9-11-20-12-10-15/h2-12H,13-14H2,1H3,(H,21,25). The van der Waals surface area contributed by atoms with Gasteiger partial charge >= 0.3 is 0 Å². The van der Waals surface area contributed by atoms with Crippen LogP contribution in [0.5, 0.6) is 0 Å². The maximum Gasteiger partial charge on any atom is 0.272 e. The number of aromatic nitrogens is 3. The molecule has 2 aromatic heterocycles. The van der Waals surface area contributed by atoms with Crippen molar-refractivity contribution in [3.8, 4) is 0 Å². The number of nitrogens with one attached hydrogen (secondary N) is 1. The lowest BCUT2D eigenvalue weighted by Gasteiger charge is -2.17. The molecule has 0 radical (unpaired) electrons. The summed E-state index contributed by atoms with van der Waals surface area (Å²) < 4.78 is 0. The first-order chi connectivity index (χ1) is 12.2. The number of benzene rings is 1. The molecule has 0 saturated heterocycles. The molecule has 1 aromatic carbocycles. The minimum Gasteiger partial charge on any atom is -0.354 e. The fourth-order valence-electron chi connectivity index (χ4n) is 2.36. The normalized spacial score (nSPS) is 10.3. The summed E-state index contributed by atoms with van der Waals surface area (Å²) in [6.07, 6.45) is 3.39. The Morgan fingerprint density at radius 1 is 0.960 bits per heavy atom. The Morgan fingerprint density at radius 3 is 2.40 bits per heavy atom. The van der Waals surface area contributed by atoms with E-state index in [4.69, 9.17) is 0 Å². The van der Waals surface area contributed by atoms with Gasteiger partial charge in [-0.1, -0.05) is 30.3 Å². The third kappa shape index (κ3) is 4.60. The van der Waals surface area contributed by atoms with Crippen molar-refractivity contribution in [1.29, 1.82) is 0 Å². The van der Waals surface area contributed by atoms with E-state index in [0.29, 0.717) is 12.2 Å². The van der Waals surface area contributed by atoms with Crippen molar-refractivity contribution in [2.45, 2.75) is 13.1 Å². The molecule has 3 aromatic rings. The molecule has 6 heteroatoms. The van der Waals surface area contributed by atoms with Crippen LogP contribution in [0.25, 0.3) is 0 Å². The van der Waals surface area contributed by atoms with Gasteiger partial charge in [-0.25, -0.2) is 0 Å². The molecule has 1 N–H and O–H groups in total.